The Morgan fingerprint density at radius 2 is 2.04 bits per heavy atom. The summed E-state index contributed by atoms with van der Waals surface area (Å²) in [6.45, 7) is 6.37. The SMILES string of the molecule is CN=C(NCC1(CCOC)CC1)NC1CCN(Cc2ccccc2)C(C)C1.I. The quantitative estimate of drug-likeness (QED) is 0.325. The molecule has 1 saturated heterocycles. The van der Waals surface area contributed by atoms with E-state index >= 15 is 0 Å². The van der Waals surface area contributed by atoms with Crippen LogP contribution in [0, 0.1) is 5.41 Å². The highest BCUT2D eigenvalue weighted by atomic mass is 127. The molecule has 6 heteroatoms. The van der Waals surface area contributed by atoms with Crippen LogP contribution in [0.1, 0.15) is 44.6 Å². The van der Waals surface area contributed by atoms with Crippen LogP contribution in [0.3, 0.4) is 0 Å². The van der Waals surface area contributed by atoms with E-state index in [2.05, 4.69) is 57.8 Å². The van der Waals surface area contributed by atoms with E-state index in [-0.39, 0.29) is 24.0 Å². The molecule has 1 saturated carbocycles. The molecule has 1 aromatic rings. The van der Waals surface area contributed by atoms with Crippen LogP contribution in [0.25, 0.3) is 0 Å². The topological polar surface area (TPSA) is 48.9 Å². The van der Waals surface area contributed by atoms with Gasteiger partial charge in [-0.1, -0.05) is 30.3 Å². The molecule has 1 aliphatic heterocycles. The smallest absolute Gasteiger partial charge is 0.191 e. The largest absolute Gasteiger partial charge is 0.385 e. The van der Waals surface area contributed by atoms with Crippen molar-refractivity contribution in [3.63, 3.8) is 0 Å². The number of rotatable bonds is 8. The predicted octanol–water partition coefficient (Wildman–Crippen LogP) is 3.64. The van der Waals surface area contributed by atoms with Crippen molar-refractivity contribution in [1.82, 2.24) is 15.5 Å². The zero-order chi connectivity index (χ0) is 19.1. The molecule has 0 amide bonds. The molecule has 2 unspecified atom stereocenters. The molecule has 0 spiro atoms. The van der Waals surface area contributed by atoms with Gasteiger partial charge in [-0.05, 0) is 50.0 Å². The molecule has 3 rings (SSSR count). The molecule has 0 bridgehead atoms. The Balaban J connectivity index is 0.00000280. The third kappa shape index (κ3) is 6.88. The lowest BCUT2D eigenvalue weighted by molar-refractivity contribution is 0.134. The predicted molar refractivity (Wildman–Crippen MR) is 127 cm³/mol. The maximum Gasteiger partial charge on any atom is 0.191 e. The Bertz CT molecular complexity index is 606. The summed E-state index contributed by atoms with van der Waals surface area (Å²) in [4.78, 5) is 7.05. The van der Waals surface area contributed by atoms with E-state index in [1.54, 1.807) is 7.11 Å². The molecule has 28 heavy (non-hydrogen) atoms. The van der Waals surface area contributed by atoms with Gasteiger partial charge in [0.05, 0.1) is 0 Å². The Hall–Kier alpha value is -0.860. The van der Waals surface area contributed by atoms with E-state index in [1.165, 1.54) is 18.4 Å². The number of methoxy groups -OCH3 is 1. The average Bonchev–Trinajstić information content (AvgIpc) is 3.46. The summed E-state index contributed by atoms with van der Waals surface area (Å²) >= 11 is 0. The fourth-order valence-electron chi connectivity index (χ4n) is 4.07. The van der Waals surface area contributed by atoms with Gasteiger partial charge in [0.15, 0.2) is 5.96 Å². The first-order valence-corrected chi connectivity index (χ1v) is 10.4. The fraction of sp³-hybridized carbons (Fsp3) is 0.682. The molecule has 2 fully saturated rings. The number of halogens is 1. The van der Waals surface area contributed by atoms with E-state index < -0.39 is 0 Å². The molecule has 1 aliphatic carbocycles. The number of benzene rings is 1. The third-order valence-electron chi connectivity index (χ3n) is 6.23. The van der Waals surface area contributed by atoms with Crippen molar-refractivity contribution in [2.45, 2.75) is 57.7 Å². The first kappa shape index (κ1) is 23.4. The van der Waals surface area contributed by atoms with Gasteiger partial charge in [0.25, 0.3) is 0 Å². The summed E-state index contributed by atoms with van der Waals surface area (Å²) in [5.41, 5.74) is 1.83. The monoisotopic (exact) mass is 500 g/mol. The highest BCUT2D eigenvalue weighted by Crippen LogP contribution is 2.48. The lowest BCUT2D eigenvalue weighted by Gasteiger charge is -2.38. The molecule has 2 aliphatic rings. The molecule has 1 heterocycles. The third-order valence-corrected chi connectivity index (χ3v) is 6.23. The molecule has 0 aromatic heterocycles. The molecule has 158 valence electrons. The first-order chi connectivity index (χ1) is 13.1. The van der Waals surface area contributed by atoms with Crippen molar-refractivity contribution in [2.24, 2.45) is 10.4 Å². The van der Waals surface area contributed by atoms with Gasteiger partial charge in [0.1, 0.15) is 0 Å². The van der Waals surface area contributed by atoms with Gasteiger partial charge in [-0.15, -0.1) is 24.0 Å². The number of ether oxygens (including phenoxy) is 1. The van der Waals surface area contributed by atoms with Crippen LogP contribution in [-0.4, -0.2) is 56.8 Å². The zero-order valence-electron chi connectivity index (χ0n) is 17.6. The van der Waals surface area contributed by atoms with Crippen LogP contribution >= 0.6 is 24.0 Å². The second-order valence-electron chi connectivity index (χ2n) is 8.34. The van der Waals surface area contributed by atoms with Crippen molar-refractivity contribution < 1.29 is 4.74 Å². The van der Waals surface area contributed by atoms with Crippen molar-refractivity contribution in [3.05, 3.63) is 35.9 Å². The second-order valence-corrected chi connectivity index (χ2v) is 8.34. The van der Waals surface area contributed by atoms with E-state index in [9.17, 15) is 0 Å². The summed E-state index contributed by atoms with van der Waals surface area (Å²) in [6, 6.07) is 11.9. The normalized spacial score (nSPS) is 24.3. The number of piperidine rings is 1. The van der Waals surface area contributed by atoms with Crippen LogP contribution in [0.15, 0.2) is 35.3 Å². The Labute approximate surface area is 187 Å². The van der Waals surface area contributed by atoms with Crippen LogP contribution in [0.4, 0.5) is 0 Å². The van der Waals surface area contributed by atoms with Gasteiger partial charge in [-0.3, -0.25) is 9.89 Å². The first-order valence-electron chi connectivity index (χ1n) is 10.4. The maximum absolute atomic E-state index is 5.26. The van der Waals surface area contributed by atoms with E-state index in [4.69, 9.17) is 4.74 Å². The molecule has 5 nitrogen and oxygen atoms in total. The second kappa shape index (κ2) is 11.4. The fourth-order valence-corrected chi connectivity index (χ4v) is 4.07. The number of likely N-dealkylation sites (tertiary alicyclic amines) is 1. The number of aliphatic imine (C=N–C) groups is 1. The van der Waals surface area contributed by atoms with Crippen LogP contribution in [0.5, 0.6) is 0 Å². The molecule has 0 radical (unpaired) electrons. The van der Waals surface area contributed by atoms with Crippen LogP contribution < -0.4 is 10.6 Å². The average molecular weight is 500 g/mol. The number of nitrogens with zero attached hydrogens (tertiary/aromatic N) is 2. The van der Waals surface area contributed by atoms with E-state index in [0.29, 0.717) is 17.5 Å². The summed E-state index contributed by atoms with van der Waals surface area (Å²) in [5, 5.41) is 7.22. The lowest BCUT2D eigenvalue weighted by atomic mass is 9.97. The van der Waals surface area contributed by atoms with Gasteiger partial charge in [-0.2, -0.15) is 0 Å². The van der Waals surface area contributed by atoms with Crippen molar-refractivity contribution in [3.8, 4) is 0 Å². The minimum absolute atomic E-state index is 0. The lowest BCUT2D eigenvalue weighted by Crippen LogP contribution is -2.51. The number of hydrogen-bond acceptors (Lipinski definition) is 3. The van der Waals surface area contributed by atoms with Crippen molar-refractivity contribution in [2.75, 3.05) is 33.9 Å². The molecule has 2 atom stereocenters. The minimum Gasteiger partial charge on any atom is -0.385 e. The highest BCUT2D eigenvalue weighted by Gasteiger charge is 2.42. The van der Waals surface area contributed by atoms with Gasteiger partial charge < -0.3 is 15.4 Å². The summed E-state index contributed by atoms with van der Waals surface area (Å²) < 4.78 is 5.26. The number of guanidine groups is 1. The number of hydrogen-bond donors (Lipinski definition) is 2. The van der Waals surface area contributed by atoms with Crippen LogP contribution in [0.2, 0.25) is 0 Å². The summed E-state index contributed by atoms with van der Waals surface area (Å²) in [5.74, 6) is 0.951. The van der Waals surface area contributed by atoms with Crippen LogP contribution in [-0.2, 0) is 11.3 Å². The van der Waals surface area contributed by atoms with Gasteiger partial charge in [-0.25, -0.2) is 0 Å². The summed E-state index contributed by atoms with van der Waals surface area (Å²) in [6.07, 6.45) is 6.06. The molecular weight excluding hydrogens is 463 g/mol. The van der Waals surface area contributed by atoms with E-state index in [0.717, 1.165) is 51.5 Å². The Morgan fingerprint density at radius 3 is 2.64 bits per heavy atom. The summed E-state index contributed by atoms with van der Waals surface area (Å²) in [7, 11) is 3.66. The minimum atomic E-state index is 0. The Kier molecular flexibility index (Phi) is 9.50. The van der Waals surface area contributed by atoms with Crippen molar-refractivity contribution in [1.29, 1.82) is 0 Å². The van der Waals surface area contributed by atoms with Crippen molar-refractivity contribution >= 4 is 29.9 Å². The van der Waals surface area contributed by atoms with Gasteiger partial charge in [0.2, 0.25) is 0 Å². The maximum atomic E-state index is 5.26. The highest BCUT2D eigenvalue weighted by molar-refractivity contribution is 14.0. The van der Waals surface area contributed by atoms with E-state index in [1.807, 2.05) is 7.05 Å². The number of nitrogens with one attached hydrogen (secondary N) is 2. The molecule has 2 N–H and O–H groups in total. The Morgan fingerprint density at radius 1 is 1.29 bits per heavy atom. The molecule has 1 aromatic carbocycles. The standard InChI is InChI=1S/C22H36N4O.HI/c1-18-15-20(9-13-26(18)16-19-7-5-4-6-8-19)25-21(23-2)24-17-22(10-11-22)12-14-27-3;/h4-8,18,20H,9-17H2,1-3H3,(H2,23,24,25);1H. The van der Waals surface area contributed by atoms with Gasteiger partial charge >= 0.3 is 0 Å². The molecular formula is C22H37IN4O. The van der Waals surface area contributed by atoms with Gasteiger partial charge in [0, 0.05) is 52.5 Å². The zero-order valence-corrected chi connectivity index (χ0v) is 19.9.